The summed E-state index contributed by atoms with van der Waals surface area (Å²) in [5.74, 6) is 6.58. The van der Waals surface area contributed by atoms with Gasteiger partial charge in [0.05, 0.1) is 6.61 Å². The van der Waals surface area contributed by atoms with Gasteiger partial charge in [0.2, 0.25) is 0 Å². The van der Waals surface area contributed by atoms with Crippen molar-refractivity contribution in [1.82, 2.24) is 5.32 Å². The SMILES string of the molecule is O=C(NCCC1CCC1)c1sccc1C#CCCO. The molecule has 0 unspecified atom stereocenters. The molecule has 1 aromatic heterocycles. The Morgan fingerprint density at radius 2 is 2.37 bits per heavy atom. The topological polar surface area (TPSA) is 49.3 Å². The van der Waals surface area contributed by atoms with Crippen molar-refractivity contribution >= 4 is 17.2 Å². The van der Waals surface area contributed by atoms with Crippen molar-refractivity contribution in [1.29, 1.82) is 0 Å². The second-order valence-electron chi connectivity index (χ2n) is 4.78. The highest BCUT2D eigenvalue weighted by atomic mass is 32.1. The Kier molecular flexibility index (Phi) is 5.44. The van der Waals surface area contributed by atoms with E-state index in [0.29, 0.717) is 11.3 Å². The summed E-state index contributed by atoms with van der Waals surface area (Å²) >= 11 is 1.42. The lowest BCUT2D eigenvalue weighted by molar-refractivity contribution is 0.0953. The average molecular weight is 277 g/mol. The fourth-order valence-electron chi connectivity index (χ4n) is 2.05. The van der Waals surface area contributed by atoms with Gasteiger partial charge < -0.3 is 10.4 Å². The van der Waals surface area contributed by atoms with Gasteiger partial charge in [-0.05, 0) is 23.8 Å². The zero-order valence-electron chi connectivity index (χ0n) is 10.9. The van der Waals surface area contributed by atoms with E-state index in [1.165, 1.54) is 30.6 Å². The standard InChI is InChI=1S/C15H19NO2S/c17-10-2-1-6-13-8-11-19-14(13)15(18)16-9-7-12-4-3-5-12/h8,11-12,17H,2-5,7,9-10H2,(H,16,18). The molecule has 0 aliphatic heterocycles. The predicted molar refractivity (Wildman–Crippen MR) is 77.2 cm³/mol. The van der Waals surface area contributed by atoms with Crippen molar-refractivity contribution in [3.8, 4) is 11.8 Å². The van der Waals surface area contributed by atoms with Crippen LogP contribution in [0.5, 0.6) is 0 Å². The molecule has 1 fully saturated rings. The maximum Gasteiger partial charge on any atom is 0.262 e. The van der Waals surface area contributed by atoms with E-state index < -0.39 is 0 Å². The molecule has 0 radical (unpaired) electrons. The summed E-state index contributed by atoms with van der Waals surface area (Å²) in [6.07, 6.45) is 5.49. The first-order valence-electron chi connectivity index (χ1n) is 6.76. The molecule has 1 saturated carbocycles. The monoisotopic (exact) mass is 277 g/mol. The Balaban J connectivity index is 1.84. The summed E-state index contributed by atoms with van der Waals surface area (Å²) in [5.41, 5.74) is 0.764. The normalized spacial score (nSPS) is 14.4. The van der Waals surface area contributed by atoms with Gasteiger partial charge in [-0.3, -0.25) is 4.79 Å². The van der Waals surface area contributed by atoms with Crippen LogP contribution in [0.25, 0.3) is 0 Å². The molecule has 1 heterocycles. The molecule has 0 bridgehead atoms. The Labute approximate surface area is 118 Å². The average Bonchev–Trinajstić information content (AvgIpc) is 2.81. The molecule has 1 aromatic rings. The van der Waals surface area contributed by atoms with Crippen molar-refractivity contribution in [2.75, 3.05) is 13.2 Å². The molecule has 2 N–H and O–H groups in total. The van der Waals surface area contributed by atoms with Crippen molar-refractivity contribution in [2.45, 2.75) is 32.1 Å². The zero-order valence-corrected chi connectivity index (χ0v) is 11.8. The Hall–Kier alpha value is -1.31. The second-order valence-corrected chi connectivity index (χ2v) is 5.70. The summed E-state index contributed by atoms with van der Waals surface area (Å²) in [6, 6.07) is 1.86. The van der Waals surface area contributed by atoms with Gasteiger partial charge in [-0.25, -0.2) is 0 Å². The maximum atomic E-state index is 12.0. The fraction of sp³-hybridized carbons (Fsp3) is 0.533. The summed E-state index contributed by atoms with van der Waals surface area (Å²) in [6.45, 7) is 0.810. The zero-order chi connectivity index (χ0) is 13.5. The van der Waals surface area contributed by atoms with Gasteiger partial charge in [-0.15, -0.1) is 11.3 Å². The van der Waals surface area contributed by atoms with E-state index in [1.807, 2.05) is 11.4 Å². The van der Waals surface area contributed by atoms with Crippen molar-refractivity contribution in [3.63, 3.8) is 0 Å². The molecule has 2 rings (SSSR count). The fourth-order valence-corrected chi connectivity index (χ4v) is 2.81. The van der Waals surface area contributed by atoms with Gasteiger partial charge in [-0.2, -0.15) is 0 Å². The lowest BCUT2D eigenvalue weighted by Gasteiger charge is -2.25. The van der Waals surface area contributed by atoms with Crippen molar-refractivity contribution < 1.29 is 9.90 Å². The largest absolute Gasteiger partial charge is 0.395 e. The van der Waals surface area contributed by atoms with Crippen LogP contribution in [0.4, 0.5) is 0 Å². The van der Waals surface area contributed by atoms with Gasteiger partial charge in [-0.1, -0.05) is 31.1 Å². The quantitative estimate of drug-likeness (QED) is 0.812. The summed E-state index contributed by atoms with van der Waals surface area (Å²) in [7, 11) is 0. The van der Waals surface area contributed by atoms with Gasteiger partial charge in [0.1, 0.15) is 4.88 Å². The van der Waals surface area contributed by atoms with Crippen molar-refractivity contribution in [3.05, 3.63) is 21.9 Å². The van der Waals surface area contributed by atoms with Crippen LogP contribution in [0, 0.1) is 17.8 Å². The highest BCUT2D eigenvalue weighted by Crippen LogP contribution is 2.28. The van der Waals surface area contributed by atoms with Crippen LogP contribution in [0.2, 0.25) is 0 Å². The molecular weight excluding hydrogens is 258 g/mol. The number of nitrogens with one attached hydrogen (secondary N) is 1. The molecule has 19 heavy (non-hydrogen) atoms. The molecule has 1 aliphatic carbocycles. The van der Waals surface area contributed by atoms with Crippen LogP contribution in [-0.4, -0.2) is 24.2 Å². The molecule has 102 valence electrons. The number of amides is 1. The molecule has 0 atom stereocenters. The third-order valence-electron chi connectivity index (χ3n) is 3.39. The molecule has 0 aromatic carbocycles. The lowest BCUT2D eigenvalue weighted by Crippen LogP contribution is -2.27. The van der Waals surface area contributed by atoms with E-state index in [1.54, 1.807) is 0 Å². The van der Waals surface area contributed by atoms with E-state index in [4.69, 9.17) is 5.11 Å². The minimum Gasteiger partial charge on any atom is -0.395 e. The minimum atomic E-state index is -0.0254. The molecule has 1 amide bonds. The van der Waals surface area contributed by atoms with Crippen molar-refractivity contribution in [2.24, 2.45) is 5.92 Å². The van der Waals surface area contributed by atoms with Crippen LogP contribution in [0.15, 0.2) is 11.4 Å². The number of hydrogen-bond donors (Lipinski definition) is 2. The lowest BCUT2D eigenvalue weighted by atomic mass is 9.83. The van der Waals surface area contributed by atoms with Crippen LogP contribution >= 0.6 is 11.3 Å². The molecule has 0 spiro atoms. The number of carbonyl (C=O) groups excluding carboxylic acids is 1. The highest BCUT2D eigenvalue weighted by Gasteiger charge is 2.17. The van der Waals surface area contributed by atoms with Crippen LogP contribution in [-0.2, 0) is 0 Å². The van der Waals surface area contributed by atoms with E-state index in [2.05, 4.69) is 17.2 Å². The Morgan fingerprint density at radius 3 is 3.05 bits per heavy atom. The van der Waals surface area contributed by atoms with E-state index in [9.17, 15) is 4.79 Å². The van der Waals surface area contributed by atoms with Gasteiger partial charge in [0.25, 0.3) is 5.91 Å². The molecule has 1 aliphatic rings. The highest BCUT2D eigenvalue weighted by molar-refractivity contribution is 7.12. The van der Waals surface area contributed by atoms with Crippen LogP contribution < -0.4 is 5.32 Å². The van der Waals surface area contributed by atoms with E-state index in [-0.39, 0.29) is 12.5 Å². The molecule has 3 nitrogen and oxygen atoms in total. The van der Waals surface area contributed by atoms with Gasteiger partial charge in [0, 0.05) is 18.5 Å². The minimum absolute atomic E-state index is 0.0254. The second kappa shape index (κ2) is 7.32. The van der Waals surface area contributed by atoms with E-state index in [0.717, 1.165) is 24.4 Å². The number of rotatable bonds is 5. The number of thiophene rings is 1. The number of aliphatic hydroxyl groups is 1. The molecular formula is C15H19NO2S. The smallest absolute Gasteiger partial charge is 0.262 e. The van der Waals surface area contributed by atoms with Gasteiger partial charge >= 0.3 is 0 Å². The first-order valence-corrected chi connectivity index (χ1v) is 7.64. The Bertz CT molecular complexity index is 480. The number of aliphatic hydroxyl groups excluding tert-OH is 1. The first-order chi connectivity index (χ1) is 9.31. The van der Waals surface area contributed by atoms with E-state index >= 15 is 0 Å². The van der Waals surface area contributed by atoms with Crippen LogP contribution in [0.1, 0.15) is 47.3 Å². The summed E-state index contributed by atoms with van der Waals surface area (Å²) in [5, 5.41) is 13.5. The molecule has 4 heteroatoms. The third kappa shape index (κ3) is 4.09. The summed E-state index contributed by atoms with van der Waals surface area (Å²) < 4.78 is 0. The number of carbonyl (C=O) groups is 1. The predicted octanol–water partition coefficient (Wildman–Crippen LogP) is 2.40. The number of hydrogen-bond acceptors (Lipinski definition) is 3. The summed E-state index contributed by atoms with van der Waals surface area (Å²) in [4.78, 5) is 12.7. The first kappa shape index (κ1) is 14.1. The molecule has 0 saturated heterocycles. The Morgan fingerprint density at radius 1 is 1.53 bits per heavy atom. The maximum absolute atomic E-state index is 12.0. The third-order valence-corrected chi connectivity index (χ3v) is 4.31. The van der Waals surface area contributed by atoms with Gasteiger partial charge in [0.15, 0.2) is 0 Å². The van der Waals surface area contributed by atoms with Crippen LogP contribution in [0.3, 0.4) is 0 Å².